The van der Waals surface area contributed by atoms with Crippen LogP contribution in [0.15, 0.2) is 4.99 Å². The molecule has 0 aliphatic heterocycles. The molecule has 0 heterocycles. The third kappa shape index (κ3) is 6.75. The number of unbranched alkanes of at least 4 members (excludes halogenated alkanes) is 2. The lowest BCUT2D eigenvalue weighted by Gasteiger charge is -2.18. The Morgan fingerprint density at radius 2 is 2.00 bits per heavy atom. The summed E-state index contributed by atoms with van der Waals surface area (Å²) in [6.07, 6.45) is 3.71. The molecule has 0 aromatic carbocycles. The zero-order valence-corrected chi connectivity index (χ0v) is 10.1. The van der Waals surface area contributed by atoms with Gasteiger partial charge in [-0.1, -0.05) is 33.6 Å². The van der Waals surface area contributed by atoms with Gasteiger partial charge in [-0.25, -0.2) is 0 Å². The van der Waals surface area contributed by atoms with Crippen LogP contribution in [0.25, 0.3) is 0 Å². The van der Waals surface area contributed by atoms with Gasteiger partial charge in [-0.3, -0.25) is 4.99 Å². The summed E-state index contributed by atoms with van der Waals surface area (Å²) in [7, 11) is 2.01. The molecular formula is C11H25N3. The fraction of sp³-hybridized carbons (Fsp3) is 0.909. The predicted molar refractivity (Wildman–Crippen MR) is 63.5 cm³/mol. The molecule has 2 N–H and O–H groups in total. The first kappa shape index (κ1) is 13.3. The van der Waals surface area contributed by atoms with Crippen LogP contribution in [0.2, 0.25) is 0 Å². The summed E-state index contributed by atoms with van der Waals surface area (Å²) >= 11 is 0. The van der Waals surface area contributed by atoms with Crippen LogP contribution in [0.1, 0.15) is 40.0 Å². The molecule has 0 aromatic heterocycles. The Hall–Kier alpha value is -0.730. The quantitative estimate of drug-likeness (QED) is 0.404. The fourth-order valence-electron chi connectivity index (χ4n) is 1.11. The standard InChI is InChI=1S/C11H25N3/c1-5-6-7-8-14(4)11(12)13-9-10(2)3/h10H,5-9H2,1-4H3,(H2,12,13). The summed E-state index contributed by atoms with van der Waals surface area (Å²) < 4.78 is 0. The Balaban J connectivity index is 3.73. The highest BCUT2D eigenvalue weighted by molar-refractivity contribution is 5.77. The minimum absolute atomic E-state index is 0.581. The van der Waals surface area contributed by atoms with Crippen molar-refractivity contribution in [1.29, 1.82) is 0 Å². The lowest BCUT2D eigenvalue weighted by molar-refractivity contribution is 0.467. The zero-order chi connectivity index (χ0) is 11.0. The van der Waals surface area contributed by atoms with Gasteiger partial charge in [0.15, 0.2) is 5.96 Å². The van der Waals surface area contributed by atoms with E-state index >= 15 is 0 Å². The van der Waals surface area contributed by atoms with Gasteiger partial charge in [0.05, 0.1) is 0 Å². The maximum Gasteiger partial charge on any atom is 0.190 e. The smallest absolute Gasteiger partial charge is 0.190 e. The molecule has 0 saturated heterocycles. The van der Waals surface area contributed by atoms with E-state index in [1.165, 1.54) is 19.3 Å². The molecule has 0 amide bonds. The number of aliphatic imine (C=N–C) groups is 1. The zero-order valence-electron chi connectivity index (χ0n) is 10.1. The third-order valence-corrected chi connectivity index (χ3v) is 2.11. The summed E-state index contributed by atoms with van der Waals surface area (Å²) in [5.74, 6) is 1.26. The Bertz CT molecular complexity index is 164. The van der Waals surface area contributed by atoms with Gasteiger partial charge in [-0.05, 0) is 12.3 Å². The first-order valence-corrected chi connectivity index (χ1v) is 5.59. The second kappa shape index (κ2) is 7.65. The van der Waals surface area contributed by atoms with Crippen LogP contribution in [0.4, 0.5) is 0 Å². The molecule has 0 rings (SSSR count). The molecular weight excluding hydrogens is 174 g/mol. The van der Waals surface area contributed by atoms with E-state index < -0.39 is 0 Å². The van der Waals surface area contributed by atoms with Crippen LogP contribution in [0, 0.1) is 5.92 Å². The molecule has 0 radical (unpaired) electrons. The molecule has 3 nitrogen and oxygen atoms in total. The van der Waals surface area contributed by atoms with E-state index in [4.69, 9.17) is 5.73 Å². The highest BCUT2D eigenvalue weighted by Crippen LogP contribution is 1.97. The average Bonchev–Trinajstić information content (AvgIpc) is 2.14. The van der Waals surface area contributed by atoms with Crippen molar-refractivity contribution in [1.82, 2.24) is 4.90 Å². The first-order valence-electron chi connectivity index (χ1n) is 5.59. The van der Waals surface area contributed by atoms with E-state index in [1.54, 1.807) is 0 Å². The summed E-state index contributed by atoms with van der Waals surface area (Å²) in [6, 6.07) is 0. The van der Waals surface area contributed by atoms with Gasteiger partial charge < -0.3 is 10.6 Å². The normalized spacial score (nSPS) is 12.2. The van der Waals surface area contributed by atoms with Crippen LogP contribution < -0.4 is 5.73 Å². The molecule has 0 saturated carbocycles. The first-order chi connectivity index (χ1) is 6.57. The Kier molecular flexibility index (Phi) is 7.25. The van der Waals surface area contributed by atoms with Crippen molar-refractivity contribution in [3.05, 3.63) is 0 Å². The lowest BCUT2D eigenvalue weighted by atomic mass is 10.2. The van der Waals surface area contributed by atoms with Crippen molar-refractivity contribution in [2.24, 2.45) is 16.6 Å². The highest BCUT2D eigenvalue weighted by atomic mass is 15.2. The van der Waals surface area contributed by atoms with E-state index in [1.807, 2.05) is 11.9 Å². The highest BCUT2D eigenvalue weighted by Gasteiger charge is 2.00. The van der Waals surface area contributed by atoms with Crippen molar-refractivity contribution < 1.29 is 0 Å². The summed E-state index contributed by atoms with van der Waals surface area (Å²) in [6.45, 7) is 8.34. The van der Waals surface area contributed by atoms with Crippen LogP contribution in [0.3, 0.4) is 0 Å². The summed E-state index contributed by atoms with van der Waals surface area (Å²) in [5, 5.41) is 0. The van der Waals surface area contributed by atoms with Crippen LogP contribution >= 0.6 is 0 Å². The van der Waals surface area contributed by atoms with E-state index in [9.17, 15) is 0 Å². The van der Waals surface area contributed by atoms with Gasteiger partial charge in [-0.2, -0.15) is 0 Å². The van der Waals surface area contributed by atoms with E-state index in [0.29, 0.717) is 11.9 Å². The van der Waals surface area contributed by atoms with Gasteiger partial charge in [0.2, 0.25) is 0 Å². The maximum atomic E-state index is 5.82. The van der Waals surface area contributed by atoms with Crippen molar-refractivity contribution in [3.8, 4) is 0 Å². The van der Waals surface area contributed by atoms with E-state index in [-0.39, 0.29) is 0 Å². The Labute approximate surface area is 88.4 Å². The lowest BCUT2D eigenvalue weighted by Crippen LogP contribution is -2.35. The average molecular weight is 199 g/mol. The summed E-state index contributed by atoms with van der Waals surface area (Å²) in [4.78, 5) is 6.36. The number of hydrogen-bond donors (Lipinski definition) is 1. The molecule has 14 heavy (non-hydrogen) atoms. The van der Waals surface area contributed by atoms with Crippen LogP contribution in [-0.2, 0) is 0 Å². The molecule has 0 unspecified atom stereocenters. The number of nitrogens with zero attached hydrogens (tertiary/aromatic N) is 2. The molecule has 0 spiro atoms. The molecule has 0 bridgehead atoms. The molecule has 0 aliphatic rings. The van der Waals surface area contributed by atoms with E-state index in [0.717, 1.165) is 13.1 Å². The second-order valence-electron chi connectivity index (χ2n) is 4.22. The number of guanidine groups is 1. The maximum absolute atomic E-state index is 5.82. The number of rotatable bonds is 6. The van der Waals surface area contributed by atoms with Crippen LogP contribution in [0.5, 0.6) is 0 Å². The second-order valence-corrected chi connectivity index (χ2v) is 4.22. The Morgan fingerprint density at radius 3 is 2.50 bits per heavy atom. The van der Waals surface area contributed by atoms with E-state index in [2.05, 4.69) is 25.8 Å². The van der Waals surface area contributed by atoms with Gasteiger partial charge in [-0.15, -0.1) is 0 Å². The van der Waals surface area contributed by atoms with Gasteiger partial charge in [0.1, 0.15) is 0 Å². The molecule has 84 valence electrons. The van der Waals surface area contributed by atoms with Crippen LogP contribution in [-0.4, -0.2) is 31.0 Å². The van der Waals surface area contributed by atoms with Crippen molar-refractivity contribution >= 4 is 5.96 Å². The third-order valence-electron chi connectivity index (χ3n) is 2.11. The van der Waals surface area contributed by atoms with Gasteiger partial charge >= 0.3 is 0 Å². The monoisotopic (exact) mass is 199 g/mol. The minimum Gasteiger partial charge on any atom is -0.370 e. The fourth-order valence-corrected chi connectivity index (χ4v) is 1.11. The SMILES string of the molecule is CCCCCN(C)C(N)=NCC(C)C. The van der Waals surface area contributed by atoms with Gasteiger partial charge in [0, 0.05) is 20.1 Å². The molecule has 0 aliphatic carbocycles. The molecule has 0 atom stereocenters. The number of hydrogen-bond acceptors (Lipinski definition) is 1. The largest absolute Gasteiger partial charge is 0.370 e. The number of nitrogens with two attached hydrogens (primary N) is 1. The minimum atomic E-state index is 0.581. The van der Waals surface area contributed by atoms with Crippen molar-refractivity contribution in [3.63, 3.8) is 0 Å². The Morgan fingerprint density at radius 1 is 1.36 bits per heavy atom. The molecule has 3 heteroatoms. The molecule has 0 fully saturated rings. The molecule has 0 aromatic rings. The van der Waals surface area contributed by atoms with Crippen molar-refractivity contribution in [2.75, 3.05) is 20.1 Å². The van der Waals surface area contributed by atoms with Crippen molar-refractivity contribution in [2.45, 2.75) is 40.0 Å². The topological polar surface area (TPSA) is 41.6 Å². The predicted octanol–water partition coefficient (Wildman–Crippen LogP) is 2.08. The summed E-state index contributed by atoms with van der Waals surface area (Å²) in [5.41, 5.74) is 5.82. The van der Waals surface area contributed by atoms with Gasteiger partial charge in [0.25, 0.3) is 0 Å².